The number of ether oxygens (including phenoxy) is 2. The zero-order chi connectivity index (χ0) is 26.0. The van der Waals surface area contributed by atoms with Gasteiger partial charge in [-0.25, -0.2) is 0 Å². The summed E-state index contributed by atoms with van der Waals surface area (Å²) in [7, 11) is 0. The van der Waals surface area contributed by atoms with Crippen LogP contribution in [0.3, 0.4) is 0 Å². The summed E-state index contributed by atoms with van der Waals surface area (Å²) < 4.78 is 55.4. The summed E-state index contributed by atoms with van der Waals surface area (Å²) >= 11 is 5.89. The predicted molar refractivity (Wildman–Crippen MR) is 129 cm³/mol. The smallest absolute Gasteiger partial charge is 0.416 e. The first-order valence-electron chi connectivity index (χ1n) is 10.6. The molecule has 0 bridgehead atoms. The average molecular weight is 518 g/mol. The zero-order valence-corrected chi connectivity index (χ0v) is 19.8. The number of carbonyl (C=O) groups excluding carboxylic acids is 1. The van der Waals surface area contributed by atoms with E-state index in [1.54, 1.807) is 12.1 Å². The normalized spacial score (nSPS) is 11.4. The maximum absolute atomic E-state index is 12.9. The molecule has 0 unspecified atom stereocenters. The highest BCUT2D eigenvalue weighted by Gasteiger charge is 2.31. The summed E-state index contributed by atoms with van der Waals surface area (Å²) in [6.45, 7) is 3.31. The van der Waals surface area contributed by atoms with E-state index in [2.05, 4.69) is 5.32 Å². The van der Waals surface area contributed by atoms with Crippen molar-refractivity contribution in [1.82, 2.24) is 0 Å². The van der Waals surface area contributed by atoms with Gasteiger partial charge in [-0.05, 0) is 67.4 Å². The third kappa shape index (κ3) is 5.80. The highest BCUT2D eigenvalue weighted by atomic mass is 35.5. The highest BCUT2D eigenvalue weighted by molar-refractivity contribution is 6.33. The van der Waals surface area contributed by atoms with E-state index < -0.39 is 24.3 Å². The number of carbonyl (C=O) groups is 1. The number of benzene rings is 3. The van der Waals surface area contributed by atoms with Gasteiger partial charge in [-0.3, -0.25) is 9.59 Å². The first-order chi connectivity index (χ1) is 17.0. The SMILES string of the molecule is Cc1cc(C)cc(Oc2coc3cc(OCC(=O)Nc4cc(C(F)(F)F)ccc4Cl)ccc3c2=O)c1. The number of halogens is 4. The van der Waals surface area contributed by atoms with Gasteiger partial charge in [0.15, 0.2) is 6.61 Å². The van der Waals surface area contributed by atoms with E-state index in [1.165, 1.54) is 24.5 Å². The van der Waals surface area contributed by atoms with Gasteiger partial charge in [0.25, 0.3) is 5.91 Å². The number of hydrogen-bond donors (Lipinski definition) is 1. The molecule has 4 rings (SSSR count). The summed E-state index contributed by atoms with van der Waals surface area (Å²) in [6, 6.07) is 12.5. The van der Waals surface area contributed by atoms with Gasteiger partial charge in [-0.1, -0.05) is 17.7 Å². The number of fused-ring (bicyclic) bond motifs is 1. The third-order valence-electron chi connectivity index (χ3n) is 5.08. The number of anilines is 1. The van der Waals surface area contributed by atoms with Crippen LogP contribution in [0.15, 0.2) is 70.1 Å². The van der Waals surface area contributed by atoms with Crippen molar-refractivity contribution in [1.29, 1.82) is 0 Å². The molecule has 1 amide bonds. The van der Waals surface area contributed by atoms with E-state index in [4.69, 9.17) is 25.5 Å². The van der Waals surface area contributed by atoms with Gasteiger partial charge in [0.05, 0.1) is 21.7 Å². The number of aryl methyl sites for hydroxylation is 2. The molecule has 0 aliphatic carbocycles. The molecule has 0 radical (unpaired) electrons. The fourth-order valence-electron chi connectivity index (χ4n) is 3.50. The van der Waals surface area contributed by atoms with Gasteiger partial charge in [0, 0.05) is 6.07 Å². The topological polar surface area (TPSA) is 77.8 Å². The van der Waals surface area contributed by atoms with E-state index in [-0.39, 0.29) is 38.6 Å². The molecule has 4 aromatic rings. The second-order valence-corrected chi connectivity index (χ2v) is 8.45. The maximum atomic E-state index is 12.9. The Morgan fingerprint density at radius 2 is 1.72 bits per heavy atom. The van der Waals surface area contributed by atoms with Crippen LogP contribution in [-0.2, 0) is 11.0 Å². The standard InChI is InChI=1S/C26H19ClF3NO5/c1-14-7-15(2)9-18(8-14)36-23-12-35-22-11-17(4-5-19(22)25(23)33)34-13-24(32)31-21-10-16(26(28,29)30)3-6-20(21)27/h3-12H,13H2,1-2H3,(H,31,32). The second kappa shape index (κ2) is 9.94. The van der Waals surface area contributed by atoms with Crippen molar-refractivity contribution in [2.45, 2.75) is 20.0 Å². The largest absolute Gasteiger partial charge is 0.484 e. The van der Waals surface area contributed by atoms with Crippen molar-refractivity contribution in [2.24, 2.45) is 0 Å². The molecular formula is C26H19ClF3NO5. The quantitative estimate of drug-likeness (QED) is 0.301. The molecule has 1 heterocycles. The van der Waals surface area contributed by atoms with Crippen LogP contribution >= 0.6 is 11.6 Å². The fourth-order valence-corrected chi connectivity index (χ4v) is 3.67. The Labute approximate surface area is 208 Å². The Bertz CT molecular complexity index is 1490. The summed E-state index contributed by atoms with van der Waals surface area (Å²) in [4.78, 5) is 25.0. The van der Waals surface area contributed by atoms with Crippen LogP contribution in [0.5, 0.6) is 17.2 Å². The number of hydrogen-bond acceptors (Lipinski definition) is 5. The van der Waals surface area contributed by atoms with E-state index in [1.807, 2.05) is 19.9 Å². The van der Waals surface area contributed by atoms with Crippen LogP contribution in [0.2, 0.25) is 5.02 Å². The number of nitrogens with one attached hydrogen (secondary N) is 1. The van der Waals surface area contributed by atoms with Gasteiger partial charge in [-0.15, -0.1) is 0 Å². The molecule has 0 fully saturated rings. The molecule has 0 saturated heterocycles. The molecule has 1 N–H and O–H groups in total. The number of alkyl halides is 3. The van der Waals surface area contributed by atoms with Crippen LogP contribution in [0.4, 0.5) is 18.9 Å². The van der Waals surface area contributed by atoms with Gasteiger partial charge in [-0.2, -0.15) is 13.2 Å². The molecule has 6 nitrogen and oxygen atoms in total. The third-order valence-corrected chi connectivity index (χ3v) is 5.40. The summed E-state index contributed by atoms with van der Waals surface area (Å²) in [5.74, 6) is -0.00149. The lowest BCUT2D eigenvalue weighted by Gasteiger charge is -2.12. The Kier molecular flexibility index (Phi) is 6.94. The lowest BCUT2D eigenvalue weighted by atomic mass is 10.1. The molecule has 36 heavy (non-hydrogen) atoms. The van der Waals surface area contributed by atoms with E-state index >= 15 is 0 Å². The predicted octanol–water partition coefficient (Wildman–Crippen LogP) is 6.89. The maximum Gasteiger partial charge on any atom is 0.416 e. The second-order valence-electron chi connectivity index (χ2n) is 8.04. The van der Waals surface area contributed by atoms with Gasteiger partial charge < -0.3 is 19.2 Å². The Balaban J connectivity index is 1.45. The van der Waals surface area contributed by atoms with Crippen molar-refractivity contribution in [3.63, 3.8) is 0 Å². The van der Waals surface area contributed by atoms with Gasteiger partial charge >= 0.3 is 6.18 Å². The molecule has 0 atom stereocenters. The van der Waals surface area contributed by atoms with Crippen LogP contribution < -0.4 is 20.2 Å². The van der Waals surface area contributed by atoms with Gasteiger partial charge in [0.1, 0.15) is 23.3 Å². The molecule has 0 spiro atoms. The van der Waals surface area contributed by atoms with Crippen molar-refractivity contribution < 1.29 is 31.9 Å². The van der Waals surface area contributed by atoms with Gasteiger partial charge in [0.2, 0.25) is 11.2 Å². The molecule has 186 valence electrons. The van der Waals surface area contributed by atoms with Crippen molar-refractivity contribution in [2.75, 3.05) is 11.9 Å². The Hall–Kier alpha value is -3.98. The number of amides is 1. The zero-order valence-electron chi connectivity index (χ0n) is 19.0. The first kappa shape index (κ1) is 25.1. The molecule has 1 aromatic heterocycles. The van der Waals surface area contributed by atoms with E-state index in [9.17, 15) is 22.8 Å². The number of rotatable bonds is 6. The summed E-state index contributed by atoms with van der Waals surface area (Å²) in [5, 5.41) is 2.48. The molecule has 0 saturated carbocycles. The van der Waals surface area contributed by atoms with Crippen LogP contribution in [0.1, 0.15) is 16.7 Å². The molecule has 0 aliphatic rings. The fraction of sp³-hybridized carbons (Fsp3) is 0.154. The van der Waals surface area contributed by atoms with Crippen LogP contribution in [0, 0.1) is 13.8 Å². The van der Waals surface area contributed by atoms with Crippen molar-refractivity contribution in [3.8, 4) is 17.2 Å². The molecule has 10 heteroatoms. The highest BCUT2D eigenvalue weighted by Crippen LogP contribution is 2.34. The Morgan fingerprint density at radius 3 is 2.42 bits per heavy atom. The molecule has 0 aliphatic heterocycles. The van der Waals surface area contributed by atoms with E-state index in [0.717, 1.165) is 29.3 Å². The average Bonchev–Trinajstić information content (AvgIpc) is 2.79. The monoisotopic (exact) mass is 517 g/mol. The minimum absolute atomic E-state index is 0.0125. The Morgan fingerprint density at radius 1 is 1.00 bits per heavy atom. The lowest BCUT2D eigenvalue weighted by Crippen LogP contribution is -2.20. The van der Waals surface area contributed by atoms with Crippen LogP contribution in [-0.4, -0.2) is 12.5 Å². The molecule has 3 aromatic carbocycles. The minimum Gasteiger partial charge on any atom is -0.484 e. The minimum atomic E-state index is -4.58. The van der Waals surface area contributed by atoms with Crippen molar-refractivity contribution in [3.05, 3.63) is 92.8 Å². The lowest BCUT2D eigenvalue weighted by molar-refractivity contribution is -0.137. The van der Waals surface area contributed by atoms with Crippen molar-refractivity contribution >= 4 is 34.2 Å². The summed E-state index contributed by atoms with van der Waals surface area (Å²) in [6.07, 6.45) is -3.39. The van der Waals surface area contributed by atoms with E-state index in [0.29, 0.717) is 5.75 Å². The van der Waals surface area contributed by atoms with Crippen LogP contribution in [0.25, 0.3) is 11.0 Å². The molecular weight excluding hydrogens is 499 g/mol. The summed E-state index contributed by atoms with van der Waals surface area (Å²) in [5.41, 5.74) is 0.632. The first-order valence-corrected chi connectivity index (χ1v) is 11.0.